The number of benzene rings is 5. The fourth-order valence-corrected chi connectivity index (χ4v) is 5.50. The van der Waals surface area contributed by atoms with Gasteiger partial charge >= 0.3 is 0 Å². The summed E-state index contributed by atoms with van der Waals surface area (Å²) >= 11 is 0. The van der Waals surface area contributed by atoms with Gasteiger partial charge in [-0.15, -0.1) is 0 Å². The van der Waals surface area contributed by atoms with E-state index >= 15 is 0 Å². The first-order chi connectivity index (χ1) is 20.8. The molecule has 3 aromatic heterocycles. The summed E-state index contributed by atoms with van der Waals surface area (Å²) in [6.07, 6.45) is 1.85. The summed E-state index contributed by atoms with van der Waals surface area (Å²) in [6, 6.07) is 45.0. The highest BCUT2D eigenvalue weighted by molar-refractivity contribution is 6.23. The normalized spacial score (nSPS) is 11.3. The van der Waals surface area contributed by atoms with Crippen molar-refractivity contribution in [2.45, 2.75) is 0 Å². The van der Waals surface area contributed by atoms with Crippen molar-refractivity contribution in [1.29, 1.82) is 0 Å². The van der Waals surface area contributed by atoms with Crippen LogP contribution < -0.4 is 0 Å². The lowest BCUT2D eigenvalue weighted by Gasteiger charge is -2.11. The van der Waals surface area contributed by atoms with Crippen molar-refractivity contribution >= 4 is 32.6 Å². The highest BCUT2D eigenvalue weighted by atomic mass is 15.0. The molecule has 196 valence electrons. The maximum Gasteiger partial charge on any atom is 0.164 e. The molecule has 0 saturated carbocycles. The molecule has 3 heterocycles. The summed E-state index contributed by atoms with van der Waals surface area (Å²) < 4.78 is 0. The van der Waals surface area contributed by atoms with Gasteiger partial charge in [-0.05, 0) is 18.2 Å². The van der Waals surface area contributed by atoms with Crippen LogP contribution in [0.3, 0.4) is 0 Å². The molecule has 0 amide bonds. The second kappa shape index (κ2) is 9.98. The van der Waals surface area contributed by atoms with Crippen molar-refractivity contribution in [3.05, 3.63) is 140 Å². The third-order valence-electron chi connectivity index (χ3n) is 7.57. The molecule has 5 nitrogen and oxygen atoms in total. The van der Waals surface area contributed by atoms with Gasteiger partial charge in [0.05, 0.1) is 16.7 Å². The Bertz CT molecular complexity index is 2140. The van der Waals surface area contributed by atoms with E-state index in [0.717, 1.165) is 60.5 Å². The fourth-order valence-electron chi connectivity index (χ4n) is 5.50. The predicted octanol–water partition coefficient (Wildman–Crippen LogP) is 8.79. The Balaban J connectivity index is 1.23. The minimum atomic E-state index is 0.630. The monoisotopic (exact) mass is 537 g/mol. The zero-order chi connectivity index (χ0) is 27.9. The average Bonchev–Trinajstić information content (AvgIpc) is 3.09. The van der Waals surface area contributed by atoms with E-state index in [9.17, 15) is 0 Å². The zero-order valence-corrected chi connectivity index (χ0v) is 22.5. The maximum absolute atomic E-state index is 5.16. The lowest BCUT2D eigenvalue weighted by atomic mass is 9.99. The SMILES string of the molecule is c1ccc(-c2nc(-c3ccccc3)nc(-c3ccc(-c4ccc5c6cccnc6c6ccccc6c5n4)cc3)n2)cc1. The Labute approximate surface area is 242 Å². The van der Waals surface area contributed by atoms with Crippen molar-refractivity contribution in [3.8, 4) is 45.4 Å². The Morgan fingerprint density at radius 3 is 1.36 bits per heavy atom. The van der Waals surface area contributed by atoms with Crippen LogP contribution in [0, 0.1) is 0 Å². The smallest absolute Gasteiger partial charge is 0.164 e. The standard InChI is InChI=1S/C37H23N5/c1-3-10-25(11-4-1)35-40-36(26-12-5-2-6-13-26)42-37(41-35)27-19-17-24(18-20-27)32-22-21-31-29-16-9-23-38-33(29)28-14-7-8-15-30(28)34(31)39-32/h1-23H. The number of aromatic nitrogens is 5. The third-order valence-corrected chi connectivity index (χ3v) is 7.57. The summed E-state index contributed by atoms with van der Waals surface area (Å²) in [7, 11) is 0. The van der Waals surface area contributed by atoms with Crippen LogP contribution in [-0.2, 0) is 0 Å². The minimum Gasteiger partial charge on any atom is -0.256 e. The minimum absolute atomic E-state index is 0.630. The van der Waals surface area contributed by atoms with Gasteiger partial charge in [-0.25, -0.2) is 19.9 Å². The molecule has 0 N–H and O–H groups in total. The molecule has 0 unspecified atom stereocenters. The summed E-state index contributed by atoms with van der Waals surface area (Å²) in [5, 5.41) is 4.42. The molecule has 0 spiro atoms. The molecule has 0 saturated heterocycles. The summed E-state index contributed by atoms with van der Waals surface area (Å²) in [4.78, 5) is 24.4. The molecule has 0 radical (unpaired) electrons. The van der Waals surface area contributed by atoms with Gasteiger partial charge in [0, 0.05) is 50.0 Å². The fraction of sp³-hybridized carbons (Fsp3) is 0. The first-order valence-corrected chi connectivity index (χ1v) is 13.9. The first kappa shape index (κ1) is 24.0. The largest absolute Gasteiger partial charge is 0.256 e. The lowest BCUT2D eigenvalue weighted by Crippen LogP contribution is -2.00. The Kier molecular flexibility index (Phi) is 5.71. The van der Waals surface area contributed by atoms with E-state index in [-0.39, 0.29) is 0 Å². The van der Waals surface area contributed by atoms with Crippen molar-refractivity contribution < 1.29 is 0 Å². The van der Waals surface area contributed by atoms with Gasteiger partial charge in [0.25, 0.3) is 0 Å². The van der Waals surface area contributed by atoms with Gasteiger partial charge in [0.1, 0.15) is 0 Å². The molecule has 8 rings (SSSR count). The predicted molar refractivity (Wildman–Crippen MR) is 170 cm³/mol. The topological polar surface area (TPSA) is 64.5 Å². The van der Waals surface area contributed by atoms with Gasteiger partial charge < -0.3 is 0 Å². The molecular formula is C37H23N5. The highest BCUT2D eigenvalue weighted by Crippen LogP contribution is 2.34. The summed E-state index contributed by atoms with van der Waals surface area (Å²) in [5.41, 5.74) is 6.73. The molecule has 0 aliphatic heterocycles. The number of hydrogen-bond acceptors (Lipinski definition) is 5. The van der Waals surface area contributed by atoms with Crippen LogP contribution in [0.1, 0.15) is 0 Å². The van der Waals surface area contributed by atoms with E-state index < -0.39 is 0 Å². The van der Waals surface area contributed by atoms with Gasteiger partial charge in [0.2, 0.25) is 0 Å². The maximum atomic E-state index is 5.16. The zero-order valence-electron chi connectivity index (χ0n) is 22.5. The molecule has 0 aliphatic carbocycles. The molecular weight excluding hydrogens is 514 g/mol. The van der Waals surface area contributed by atoms with Gasteiger partial charge in [0.15, 0.2) is 17.5 Å². The van der Waals surface area contributed by atoms with E-state index in [4.69, 9.17) is 19.9 Å². The van der Waals surface area contributed by atoms with Crippen LogP contribution in [0.5, 0.6) is 0 Å². The molecule has 42 heavy (non-hydrogen) atoms. The van der Waals surface area contributed by atoms with Gasteiger partial charge in [-0.2, -0.15) is 0 Å². The summed E-state index contributed by atoms with van der Waals surface area (Å²) in [6.45, 7) is 0. The van der Waals surface area contributed by atoms with E-state index in [2.05, 4.69) is 71.7 Å². The van der Waals surface area contributed by atoms with Crippen molar-refractivity contribution in [2.24, 2.45) is 0 Å². The van der Waals surface area contributed by atoms with Crippen LogP contribution in [0.4, 0.5) is 0 Å². The van der Waals surface area contributed by atoms with Gasteiger partial charge in [-0.3, -0.25) is 4.98 Å². The van der Waals surface area contributed by atoms with Crippen molar-refractivity contribution in [3.63, 3.8) is 0 Å². The highest BCUT2D eigenvalue weighted by Gasteiger charge is 2.14. The van der Waals surface area contributed by atoms with Crippen LogP contribution in [-0.4, -0.2) is 24.9 Å². The first-order valence-electron chi connectivity index (χ1n) is 13.9. The molecule has 5 aromatic carbocycles. The third kappa shape index (κ3) is 4.16. The molecule has 5 heteroatoms. The van der Waals surface area contributed by atoms with Crippen molar-refractivity contribution in [2.75, 3.05) is 0 Å². The van der Waals surface area contributed by atoms with E-state index in [1.165, 1.54) is 0 Å². The number of fused-ring (bicyclic) bond motifs is 6. The molecule has 0 aliphatic rings. The van der Waals surface area contributed by atoms with Gasteiger partial charge in [-0.1, -0.05) is 115 Å². The van der Waals surface area contributed by atoms with Crippen molar-refractivity contribution in [1.82, 2.24) is 24.9 Å². The number of hydrogen-bond donors (Lipinski definition) is 0. The number of rotatable bonds is 4. The summed E-state index contributed by atoms with van der Waals surface area (Å²) in [5.74, 6) is 1.92. The molecule has 8 aromatic rings. The van der Waals surface area contributed by atoms with Crippen LogP contribution in [0.15, 0.2) is 140 Å². The Morgan fingerprint density at radius 1 is 0.310 bits per heavy atom. The van der Waals surface area contributed by atoms with E-state index in [1.807, 2.05) is 72.9 Å². The number of nitrogens with zero attached hydrogens (tertiary/aromatic N) is 5. The lowest BCUT2D eigenvalue weighted by molar-refractivity contribution is 1.07. The van der Waals surface area contributed by atoms with Crippen LogP contribution >= 0.6 is 0 Å². The quantitative estimate of drug-likeness (QED) is 0.210. The van der Waals surface area contributed by atoms with E-state index in [0.29, 0.717) is 17.5 Å². The second-order valence-corrected chi connectivity index (χ2v) is 10.2. The molecule has 0 fully saturated rings. The Morgan fingerprint density at radius 2 is 0.762 bits per heavy atom. The average molecular weight is 538 g/mol. The molecule has 0 bridgehead atoms. The molecule has 0 atom stereocenters. The van der Waals surface area contributed by atoms with E-state index in [1.54, 1.807) is 0 Å². The Hall–Kier alpha value is -5.81. The van der Waals surface area contributed by atoms with Crippen LogP contribution in [0.25, 0.3) is 78.0 Å². The van der Waals surface area contributed by atoms with Crippen LogP contribution in [0.2, 0.25) is 0 Å². The number of pyridine rings is 2. The second-order valence-electron chi connectivity index (χ2n) is 10.2.